The molecule has 0 saturated carbocycles. The highest BCUT2D eigenvalue weighted by molar-refractivity contribution is 6.45. The van der Waals surface area contributed by atoms with Crippen molar-refractivity contribution in [2.45, 2.75) is 6.92 Å². The van der Waals surface area contributed by atoms with E-state index in [2.05, 4.69) is 10.3 Å². The average molecular weight is 344 g/mol. The molecular weight excluding hydrogens is 329 g/mol. The number of aromatic nitrogens is 1. The van der Waals surface area contributed by atoms with Crippen LogP contribution in [0, 0.1) is 6.92 Å². The van der Waals surface area contributed by atoms with Gasteiger partial charge in [-0.3, -0.25) is 14.6 Å². The number of carbonyl (C=O) groups is 2. The molecule has 6 nitrogen and oxygen atoms in total. The van der Waals surface area contributed by atoms with E-state index >= 15 is 0 Å². The number of carbonyl (C=O) groups excluding carboxylic acids is 1. The molecule has 122 valence electrons. The summed E-state index contributed by atoms with van der Waals surface area (Å²) in [6.45, 7) is 1.36. The zero-order valence-corrected chi connectivity index (χ0v) is 14.2. The van der Waals surface area contributed by atoms with Crippen molar-refractivity contribution >= 4 is 50.2 Å². The van der Waals surface area contributed by atoms with Gasteiger partial charge in [-0.2, -0.15) is 0 Å². The number of aliphatic carboxylic acids is 1. The molecule has 1 aromatic carbocycles. The van der Waals surface area contributed by atoms with Crippen LogP contribution >= 0.6 is 11.6 Å². The number of hydrogen-bond acceptors (Lipinski definition) is 4. The topological polar surface area (TPSA) is 99.5 Å². The molecule has 9 heteroatoms. The Bertz CT molecular complexity index is 843. The van der Waals surface area contributed by atoms with E-state index in [1.54, 1.807) is 27.8 Å². The molecule has 0 spiro atoms. The third kappa shape index (κ3) is 3.54. The number of nitrogens with one attached hydrogen (secondary N) is 1. The van der Waals surface area contributed by atoms with E-state index in [1.807, 2.05) is 13.0 Å². The van der Waals surface area contributed by atoms with Crippen LogP contribution in [0.25, 0.3) is 11.1 Å². The lowest BCUT2D eigenvalue weighted by molar-refractivity contribution is -0.135. The second kappa shape index (κ2) is 6.97. The molecule has 0 bridgehead atoms. The van der Waals surface area contributed by atoms with Crippen LogP contribution in [0.3, 0.4) is 0 Å². The minimum Gasteiger partial charge on any atom is -0.506 e. The molecule has 24 heavy (non-hydrogen) atoms. The molecule has 0 fully saturated rings. The van der Waals surface area contributed by atoms with Crippen LogP contribution in [-0.4, -0.2) is 49.3 Å². The molecule has 0 aliphatic rings. The zero-order chi connectivity index (χ0) is 18.0. The Kier molecular flexibility index (Phi) is 5.19. The Labute approximate surface area is 145 Å². The Morgan fingerprint density at radius 3 is 2.62 bits per heavy atom. The van der Waals surface area contributed by atoms with Crippen molar-refractivity contribution in [3.05, 3.63) is 34.5 Å². The zero-order valence-electron chi connectivity index (χ0n) is 13.5. The number of halogens is 1. The van der Waals surface area contributed by atoms with Crippen LogP contribution in [0.15, 0.2) is 18.2 Å². The summed E-state index contributed by atoms with van der Waals surface area (Å²) in [5.41, 5.74) is 3.29. The van der Waals surface area contributed by atoms with Crippen molar-refractivity contribution in [3.8, 4) is 16.9 Å². The molecule has 0 unspecified atom stereocenters. The number of rotatable bonds is 4. The summed E-state index contributed by atoms with van der Waals surface area (Å²) in [4.78, 5) is 26.7. The summed E-state index contributed by atoms with van der Waals surface area (Å²) in [6, 6.07) is 5.41. The number of benzene rings is 1. The normalized spacial score (nSPS) is 10.4. The number of aryl methyl sites for hydroxylation is 1. The third-order valence-corrected chi connectivity index (χ3v) is 3.92. The van der Waals surface area contributed by atoms with Crippen LogP contribution in [0.4, 0.5) is 0 Å². The Balaban J connectivity index is 2.55. The van der Waals surface area contributed by atoms with Gasteiger partial charge >= 0.3 is 5.97 Å². The second-order valence-corrected chi connectivity index (χ2v) is 5.87. The first-order chi connectivity index (χ1) is 11.2. The van der Waals surface area contributed by atoms with E-state index in [4.69, 9.17) is 16.7 Å². The third-order valence-electron chi connectivity index (χ3n) is 3.68. The molecule has 0 radical (unpaired) electrons. The first-order valence-corrected chi connectivity index (χ1v) is 7.56. The van der Waals surface area contributed by atoms with E-state index in [1.165, 1.54) is 0 Å². The first-order valence-electron chi connectivity index (χ1n) is 7.19. The summed E-state index contributed by atoms with van der Waals surface area (Å²) in [6.07, 6.45) is 0. The Morgan fingerprint density at radius 2 is 2.00 bits per heavy atom. The van der Waals surface area contributed by atoms with Gasteiger partial charge < -0.3 is 15.5 Å². The van der Waals surface area contributed by atoms with Gasteiger partial charge in [0.1, 0.15) is 20.1 Å². The van der Waals surface area contributed by atoms with Crippen molar-refractivity contribution < 1.29 is 19.8 Å². The van der Waals surface area contributed by atoms with Gasteiger partial charge in [0.2, 0.25) is 0 Å². The summed E-state index contributed by atoms with van der Waals surface area (Å²) < 4.78 is 0. The lowest BCUT2D eigenvalue weighted by Crippen LogP contribution is -2.34. The summed E-state index contributed by atoms with van der Waals surface area (Å²) in [5, 5.41) is 21.7. The molecular formula is C15H15B2ClN2O4. The van der Waals surface area contributed by atoms with Gasteiger partial charge in [-0.1, -0.05) is 17.7 Å². The van der Waals surface area contributed by atoms with Crippen molar-refractivity contribution in [2.24, 2.45) is 0 Å². The Hall–Kier alpha value is -2.47. The van der Waals surface area contributed by atoms with Crippen molar-refractivity contribution in [2.75, 3.05) is 6.54 Å². The fourth-order valence-corrected chi connectivity index (χ4v) is 2.67. The van der Waals surface area contributed by atoms with Gasteiger partial charge in [0, 0.05) is 10.6 Å². The lowest BCUT2D eigenvalue weighted by Gasteiger charge is -2.17. The summed E-state index contributed by atoms with van der Waals surface area (Å²) in [7, 11) is 3.39. The van der Waals surface area contributed by atoms with E-state index < -0.39 is 18.4 Å². The van der Waals surface area contributed by atoms with Gasteiger partial charge in [-0.25, -0.2) is 0 Å². The molecule has 1 aromatic heterocycles. The van der Waals surface area contributed by atoms with Crippen molar-refractivity contribution in [1.82, 2.24) is 10.3 Å². The van der Waals surface area contributed by atoms with Crippen LogP contribution < -0.4 is 16.4 Å². The number of hydrogen-bond donors (Lipinski definition) is 3. The number of amides is 1. The van der Waals surface area contributed by atoms with Gasteiger partial charge in [-0.15, -0.1) is 0 Å². The highest BCUT2D eigenvalue weighted by Gasteiger charge is 2.21. The average Bonchev–Trinajstić information content (AvgIpc) is 2.52. The molecule has 1 amide bonds. The smallest absolute Gasteiger partial charge is 0.322 e. The van der Waals surface area contributed by atoms with E-state index in [0.29, 0.717) is 21.6 Å². The summed E-state index contributed by atoms with van der Waals surface area (Å²) >= 11 is 6.06. The van der Waals surface area contributed by atoms with Crippen LogP contribution in [0.1, 0.15) is 16.1 Å². The molecule has 2 rings (SSSR count). The van der Waals surface area contributed by atoms with Crippen LogP contribution in [0.2, 0.25) is 5.02 Å². The number of carboxylic acids is 1. The lowest BCUT2D eigenvalue weighted by atomic mass is 9.79. The monoisotopic (exact) mass is 344 g/mol. The van der Waals surface area contributed by atoms with Crippen LogP contribution in [0.5, 0.6) is 5.75 Å². The largest absolute Gasteiger partial charge is 0.506 e. The highest BCUT2D eigenvalue weighted by atomic mass is 35.5. The SMILES string of the molecule is Bc1nc(C(=O)NCC(=O)O)c(O)c(B)c1-c1cc(Cl)ccc1C. The summed E-state index contributed by atoms with van der Waals surface area (Å²) in [5.74, 6) is -2.20. The quantitative estimate of drug-likeness (QED) is 0.602. The number of aromatic hydroxyl groups is 1. The van der Waals surface area contributed by atoms with E-state index in [0.717, 1.165) is 11.1 Å². The minimum atomic E-state index is -1.18. The maximum absolute atomic E-state index is 12.0. The highest BCUT2D eigenvalue weighted by Crippen LogP contribution is 2.26. The maximum atomic E-state index is 12.0. The van der Waals surface area contributed by atoms with Crippen LogP contribution in [-0.2, 0) is 4.79 Å². The second-order valence-electron chi connectivity index (χ2n) is 5.43. The van der Waals surface area contributed by atoms with Gasteiger partial charge in [0.15, 0.2) is 13.5 Å². The predicted molar refractivity (Wildman–Crippen MR) is 97.4 cm³/mol. The molecule has 3 N–H and O–H groups in total. The molecule has 2 aromatic rings. The molecule has 1 heterocycles. The standard InChI is InChI=1S/C15H15B2ClN2O4/c1-6-2-3-7(18)4-8(6)10-11(16)13(23)12(20-14(10)17)15(24)19-5-9(21)22/h2-4,23H,5,16-17H2,1H3,(H,19,24)(H,21,22). The molecule has 0 atom stereocenters. The number of pyridine rings is 1. The fourth-order valence-electron chi connectivity index (χ4n) is 2.50. The van der Waals surface area contributed by atoms with Gasteiger partial charge in [-0.05, 0) is 41.2 Å². The molecule has 0 saturated heterocycles. The Morgan fingerprint density at radius 1 is 1.33 bits per heavy atom. The fraction of sp³-hybridized carbons (Fsp3) is 0.133. The number of nitrogens with zero attached hydrogens (tertiary/aromatic N) is 1. The van der Waals surface area contributed by atoms with E-state index in [9.17, 15) is 14.7 Å². The predicted octanol–water partition coefficient (Wildman–Crippen LogP) is -1.25. The van der Waals surface area contributed by atoms with Gasteiger partial charge in [0.25, 0.3) is 5.91 Å². The van der Waals surface area contributed by atoms with E-state index in [-0.39, 0.29) is 11.4 Å². The molecule has 0 aliphatic carbocycles. The maximum Gasteiger partial charge on any atom is 0.322 e. The van der Waals surface area contributed by atoms with Gasteiger partial charge in [0.05, 0.1) is 0 Å². The first kappa shape index (κ1) is 17.9. The molecule has 0 aliphatic heterocycles. The number of carboxylic acid groups (broad SMARTS) is 1. The van der Waals surface area contributed by atoms with Crippen molar-refractivity contribution in [3.63, 3.8) is 0 Å². The van der Waals surface area contributed by atoms with Crippen molar-refractivity contribution in [1.29, 1.82) is 0 Å². The minimum absolute atomic E-state index is 0.199.